The predicted molar refractivity (Wildman–Crippen MR) is 110 cm³/mol. The lowest BCUT2D eigenvalue weighted by atomic mass is 10.0. The number of urea groups is 1. The van der Waals surface area contributed by atoms with Crippen LogP contribution in [0.4, 0.5) is 4.79 Å². The Morgan fingerprint density at radius 2 is 2.10 bits per heavy atom. The summed E-state index contributed by atoms with van der Waals surface area (Å²) >= 11 is 1.30. The molecule has 11 nitrogen and oxygen atoms in total. The summed E-state index contributed by atoms with van der Waals surface area (Å²) in [4.78, 5) is 23.9. The monoisotopic (exact) mass is 473 g/mol. The van der Waals surface area contributed by atoms with Gasteiger partial charge in [-0.25, -0.2) is 14.8 Å². The maximum atomic E-state index is 12.9. The van der Waals surface area contributed by atoms with E-state index in [-0.39, 0.29) is 13.3 Å². The number of carbonyl (C=O) groups excluding carboxylic acids is 1. The van der Waals surface area contributed by atoms with Gasteiger partial charge in [-0.1, -0.05) is 19.6 Å². The molecule has 2 aliphatic heterocycles. The smallest absolute Gasteiger partial charge is 0.361 e. The highest BCUT2D eigenvalue weighted by Crippen LogP contribution is 2.47. The number of carbonyl (C=O) groups is 1. The molecule has 1 fully saturated rings. The van der Waals surface area contributed by atoms with Crippen molar-refractivity contribution in [3.8, 4) is 0 Å². The molecule has 1 N–H and O–H groups in total. The largest absolute Gasteiger partial charge is 0.418 e. The summed E-state index contributed by atoms with van der Waals surface area (Å²) in [5.41, 5.74) is 2.24. The normalized spacial score (nSPS) is 21.4. The molecule has 1 unspecified atom stereocenters. The van der Waals surface area contributed by atoms with Gasteiger partial charge < -0.3 is 14.2 Å². The molecular weight excluding hydrogens is 450 g/mol. The highest BCUT2D eigenvalue weighted by Gasteiger charge is 2.53. The first kappa shape index (κ1) is 21.4. The SMILES string of the molecule is C[Si](C)(C)CCOCn1ccnc1C1c2ncsc2[C@@H]2CN1C(=O)N2OS(=O)(=O)O. The van der Waals surface area contributed by atoms with Gasteiger partial charge >= 0.3 is 16.4 Å². The van der Waals surface area contributed by atoms with E-state index in [1.165, 1.54) is 16.2 Å². The summed E-state index contributed by atoms with van der Waals surface area (Å²) in [5, 5.41) is 0.685. The molecule has 2 atom stereocenters. The number of imidazole rings is 1. The van der Waals surface area contributed by atoms with E-state index >= 15 is 0 Å². The van der Waals surface area contributed by atoms with Gasteiger partial charge in [-0.3, -0.25) is 4.55 Å². The molecule has 0 spiro atoms. The first-order valence-corrected chi connectivity index (χ1v) is 15.3. The average Bonchev–Trinajstić information content (AvgIpc) is 3.34. The lowest BCUT2D eigenvalue weighted by Gasteiger charge is -2.29. The van der Waals surface area contributed by atoms with Crippen molar-refractivity contribution in [2.75, 3.05) is 13.2 Å². The lowest BCUT2D eigenvalue weighted by molar-refractivity contribution is -0.0308. The summed E-state index contributed by atoms with van der Waals surface area (Å²) in [6.07, 6.45) is 3.40. The number of nitrogens with zero attached hydrogens (tertiary/aromatic N) is 5. The zero-order chi connectivity index (χ0) is 21.7. The summed E-state index contributed by atoms with van der Waals surface area (Å²) in [6, 6.07) is -0.928. The van der Waals surface area contributed by atoms with E-state index < -0.39 is 36.6 Å². The van der Waals surface area contributed by atoms with Crippen molar-refractivity contribution in [1.82, 2.24) is 24.5 Å². The molecule has 164 valence electrons. The highest BCUT2D eigenvalue weighted by atomic mass is 32.3. The van der Waals surface area contributed by atoms with Crippen LogP contribution in [0.3, 0.4) is 0 Å². The van der Waals surface area contributed by atoms with Crippen LogP contribution >= 0.6 is 11.3 Å². The molecule has 4 heterocycles. The Hall–Kier alpha value is -1.84. The van der Waals surface area contributed by atoms with E-state index in [1.807, 2.05) is 4.57 Å². The molecule has 2 aromatic rings. The number of thiazole rings is 1. The van der Waals surface area contributed by atoms with E-state index in [4.69, 9.17) is 9.29 Å². The van der Waals surface area contributed by atoms with E-state index in [0.717, 1.165) is 6.04 Å². The molecule has 2 amide bonds. The quantitative estimate of drug-likeness (QED) is 0.351. The van der Waals surface area contributed by atoms with Gasteiger partial charge in [0.2, 0.25) is 0 Å². The summed E-state index contributed by atoms with van der Waals surface area (Å²) in [5.74, 6) is 0.565. The number of hydroxylamine groups is 2. The number of ether oxygens (including phenoxy) is 1. The summed E-state index contributed by atoms with van der Waals surface area (Å²) < 4.78 is 43.8. The molecule has 14 heteroatoms. The van der Waals surface area contributed by atoms with Crippen LogP contribution in [0.2, 0.25) is 25.7 Å². The molecule has 2 aliphatic rings. The first-order chi connectivity index (χ1) is 14.1. The molecule has 1 saturated heterocycles. The second-order valence-corrected chi connectivity index (χ2v) is 15.9. The van der Waals surface area contributed by atoms with Crippen molar-refractivity contribution < 1.29 is 26.8 Å². The van der Waals surface area contributed by atoms with Gasteiger partial charge in [0.15, 0.2) is 0 Å². The second kappa shape index (κ2) is 7.69. The Labute approximate surface area is 179 Å². The third kappa shape index (κ3) is 4.15. The minimum Gasteiger partial charge on any atom is -0.361 e. The maximum Gasteiger partial charge on any atom is 0.418 e. The van der Waals surface area contributed by atoms with E-state index in [1.54, 1.807) is 17.9 Å². The lowest BCUT2D eigenvalue weighted by Crippen LogP contribution is -2.37. The van der Waals surface area contributed by atoms with Gasteiger partial charge in [-0.2, -0.15) is 13.5 Å². The molecule has 0 aliphatic carbocycles. The Morgan fingerprint density at radius 1 is 1.33 bits per heavy atom. The molecule has 0 aromatic carbocycles. The minimum absolute atomic E-state index is 0.192. The Kier molecular flexibility index (Phi) is 5.48. The number of amides is 2. The standard InChI is InChI=1S/C16H23N5O6S2Si/c1-30(2,3)7-6-26-10-19-5-4-17-15(19)13-12-14(28-9-18-12)11-8-20(13)16(22)21(11)27-29(23,24)25/h4-5,9,11,13H,6-8,10H2,1-3H3,(H,23,24,25)/t11-,13?/m0/s1. The van der Waals surface area contributed by atoms with Crippen molar-refractivity contribution in [3.63, 3.8) is 0 Å². The van der Waals surface area contributed by atoms with Crippen LogP contribution in [-0.2, 0) is 26.2 Å². The predicted octanol–water partition coefficient (Wildman–Crippen LogP) is 2.27. The molecule has 0 saturated carbocycles. The van der Waals surface area contributed by atoms with Gasteiger partial charge in [0.1, 0.15) is 24.6 Å². The molecule has 0 radical (unpaired) electrons. The fourth-order valence-corrected chi connectivity index (χ4v) is 5.56. The van der Waals surface area contributed by atoms with Crippen LogP contribution < -0.4 is 0 Å². The van der Waals surface area contributed by atoms with Gasteiger partial charge in [0, 0.05) is 27.1 Å². The zero-order valence-electron chi connectivity index (χ0n) is 16.8. The van der Waals surface area contributed by atoms with Crippen LogP contribution in [0.25, 0.3) is 0 Å². The third-order valence-corrected chi connectivity index (χ3v) is 7.98. The fourth-order valence-electron chi connectivity index (χ4n) is 3.54. The fraction of sp³-hybridized carbons (Fsp3) is 0.562. The zero-order valence-corrected chi connectivity index (χ0v) is 19.4. The molecule has 30 heavy (non-hydrogen) atoms. The van der Waals surface area contributed by atoms with E-state index in [2.05, 4.69) is 33.9 Å². The van der Waals surface area contributed by atoms with Crippen molar-refractivity contribution in [2.24, 2.45) is 0 Å². The van der Waals surface area contributed by atoms with Gasteiger partial charge in [0.25, 0.3) is 0 Å². The summed E-state index contributed by atoms with van der Waals surface area (Å²) in [6.45, 7) is 7.95. The molecule has 2 aromatic heterocycles. The number of rotatable bonds is 8. The van der Waals surface area contributed by atoms with Gasteiger partial charge in [0.05, 0.1) is 22.6 Å². The van der Waals surface area contributed by atoms with Crippen LogP contribution in [0.15, 0.2) is 17.9 Å². The highest BCUT2D eigenvalue weighted by molar-refractivity contribution is 7.80. The Bertz CT molecular complexity index is 1050. The van der Waals surface area contributed by atoms with Crippen LogP contribution in [0.5, 0.6) is 0 Å². The number of aromatic nitrogens is 3. The molecule has 4 rings (SSSR count). The van der Waals surface area contributed by atoms with Crippen LogP contribution in [-0.4, -0.2) is 64.7 Å². The van der Waals surface area contributed by atoms with Gasteiger partial charge in [-0.15, -0.1) is 15.6 Å². The van der Waals surface area contributed by atoms with E-state index in [0.29, 0.717) is 28.1 Å². The number of hydrogen-bond donors (Lipinski definition) is 1. The average molecular weight is 474 g/mol. The second-order valence-electron chi connectivity index (χ2n) is 8.39. The van der Waals surface area contributed by atoms with Gasteiger partial charge in [-0.05, 0) is 6.04 Å². The first-order valence-electron chi connectivity index (χ1n) is 9.34. The van der Waals surface area contributed by atoms with Crippen molar-refractivity contribution in [1.29, 1.82) is 0 Å². The third-order valence-electron chi connectivity index (χ3n) is 4.98. The molecule has 2 bridgehead atoms. The van der Waals surface area contributed by atoms with Crippen LogP contribution in [0, 0.1) is 0 Å². The Balaban J connectivity index is 1.60. The minimum atomic E-state index is -4.85. The summed E-state index contributed by atoms with van der Waals surface area (Å²) in [7, 11) is -6.06. The Morgan fingerprint density at radius 3 is 2.80 bits per heavy atom. The van der Waals surface area contributed by atoms with Crippen molar-refractivity contribution in [3.05, 3.63) is 34.3 Å². The van der Waals surface area contributed by atoms with Crippen molar-refractivity contribution in [2.45, 2.75) is 44.5 Å². The van der Waals surface area contributed by atoms with E-state index in [9.17, 15) is 13.2 Å². The van der Waals surface area contributed by atoms with Crippen LogP contribution in [0.1, 0.15) is 28.5 Å². The molecular formula is C16H23N5O6S2Si. The number of hydrogen-bond acceptors (Lipinski definition) is 8. The maximum absolute atomic E-state index is 12.9. The topological polar surface area (TPSA) is 127 Å². The van der Waals surface area contributed by atoms with Crippen molar-refractivity contribution >= 4 is 35.8 Å². The number of fused-ring (bicyclic) bond motifs is 4.